The number of nitrogens with zero attached hydrogens (tertiary/aromatic N) is 1. The molecule has 0 bridgehead atoms. The van der Waals surface area contributed by atoms with Crippen LogP contribution in [0.5, 0.6) is 5.75 Å². The molecule has 0 spiro atoms. The Labute approximate surface area is 92.7 Å². The lowest BCUT2D eigenvalue weighted by atomic mass is 10.0. The van der Waals surface area contributed by atoms with Crippen molar-refractivity contribution in [3.8, 4) is 5.75 Å². The van der Waals surface area contributed by atoms with E-state index in [0.29, 0.717) is 5.92 Å². The van der Waals surface area contributed by atoms with Crippen molar-refractivity contribution in [2.24, 2.45) is 5.92 Å². The lowest BCUT2D eigenvalue weighted by Gasteiger charge is -2.15. The summed E-state index contributed by atoms with van der Waals surface area (Å²) in [6, 6.07) is 3.86. The molecule has 0 N–H and O–H groups in total. The van der Waals surface area contributed by atoms with Crippen LogP contribution in [-0.2, 0) is 0 Å². The molecule has 0 aliphatic heterocycles. The molecule has 0 aliphatic rings. The van der Waals surface area contributed by atoms with Crippen molar-refractivity contribution in [1.29, 1.82) is 0 Å². The van der Waals surface area contributed by atoms with E-state index in [2.05, 4.69) is 18.8 Å². The first-order valence-corrected chi connectivity index (χ1v) is 5.89. The molecular weight excluding hydrogens is 186 g/mol. The number of hydrogen-bond acceptors (Lipinski definition) is 2. The van der Waals surface area contributed by atoms with Gasteiger partial charge in [-0.3, -0.25) is 4.98 Å². The Hall–Kier alpha value is -1.05. The summed E-state index contributed by atoms with van der Waals surface area (Å²) in [6.07, 6.45) is 8.57. The second kappa shape index (κ2) is 7.27. The van der Waals surface area contributed by atoms with Crippen molar-refractivity contribution in [3.63, 3.8) is 0 Å². The zero-order valence-corrected chi connectivity index (χ0v) is 9.78. The molecule has 15 heavy (non-hydrogen) atoms. The second-order valence-corrected chi connectivity index (χ2v) is 3.92. The van der Waals surface area contributed by atoms with E-state index in [4.69, 9.17) is 4.74 Å². The van der Waals surface area contributed by atoms with Crippen LogP contribution in [0.15, 0.2) is 24.5 Å². The molecule has 1 unspecified atom stereocenters. The quantitative estimate of drug-likeness (QED) is 0.680. The Morgan fingerprint density at radius 3 is 2.87 bits per heavy atom. The van der Waals surface area contributed by atoms with Crippen molar-refractivity contribution >= 4 is 0 Å². The molecule has 0 aromatic carbocycles. The van der Waals surface area contributed by atoms with Crippen molar-refractivity contribution in [1.82, 2.24) is 4.98 Å². The van der Waals surface area contributed by atoms with Gasteiger partial charge in [0, 0.05) is 6.20 Å². The lowest BCUT2D eigenvalue weighted by Crippen LogP contribution is -2.11. The van der Waals surface area contributed by atoms with Gasteiger partial charge in [0.25, 0.3) is 0 Å². The maximum Gasteiger partial charge on any atom is 0.137 e. The summed E-state index contributed by atoms with van der Waals surface area (Å²) >= 11 is 0. The van der Waals surface area contributed by atoms with Gasteiger partial charge >= 0.3 is 0 Å². The minimum Gasteiger partial charge on any atom is -0.492 e. The first-order chi connectivity index (χ1) is 7.36. The van der Waals surface area contributed by atoms with Crippen LogP contribution in [0.4, 0.5) is 0 Å². The number of hydrogen-bond donors (Lipinski definition) is 0. The van der Waals surface area contributed by atoms with E-state index in [1.54, 1.807) is 12.4 Å². The van der Waals surface area contributed by atoms with Gasteiger partial charge in [-0.05, 0) is 24.5 Å². The van der Waals surface area contributed by atoms with Crippen LogP contribution in [0, 0.1) is 5.92 Å². The zero-order chi connectivity index (χ0) is 10.9. The molecule has 0 aliphatic carbocycles. The van der Waals surface area contributed by atoms with Gasteiger partial charge in [-0.2, -0.15) is 0 Å². The minimum atomic E-state index is 0.685. The van der Waals surface area contributed by atoms with E-state index in [1.807, 2.05) is 12.1 Å². The average molecular weight is 207 g/mol. The Morgan fingerprint density at radius 1 is 1.40 bits per heavy atom. The number of ether oxygens (including phenoxy) is 1. The average Bonchev–Trinajstić information content (AvgIpc) is 2.31. The maximum absolute atomic E-state index is 5.69. The normalized spacial score (nSPS) is 12.4. The molecule has 0 radical (unpaired) electrons. The molecule has 1 aromatic rings. The largest absolute Gasteiger partial charge is 0.492 e. The van der Waals surface area contributed by atoms with Gasteiger partial charge in [0.1, 0.15) is 5.75 Å². The molecule has 1 atom stereocenters. The lowest BCUT2D eigenvalue weighted by molar-refractivity contribution is 0.232. The molecule has 0 saturated carbocycles. The van der Waals surface area contributed by atoms with Crippen LogP contribution in [-0.4, -0.2) is 11.6 Å². The van der Waals surface area contributed by atoms with E-state index >= 15 is 0 Å². The highest BCUT2D eigenvalue weighted by molar-refractivity contribution is 5.15. The molecule has 2 heteroatoms. The number of aromatic nitrogens is 1. The van der Waals surface area contributed by atoms with E-state index in [-0.39, 0.29) is 0 Å². The Bertz CT molecular complexity index is 248. The second-order valence-electron chi connectivity index (χ2n) is 3.92. The summed E-state index contributed by atoms with van der Waals surface area (Å²) in [5, 5.41) is 0. The van der Waals surface area contributed by atoms with Crippen LogP contribution >= 0.6 is 0 Å². The Morgan fingerprint density at radius 2 is 2.27 bits per heavy atom. The molecule has 0 fully saturated rings. The maximum atomic E-state index is 5.69. The van der Waals surface area contributed by atoms with E-state index < -0.39 is 0 Å². The highest BCUT2D eigenvalue weighted by atomic mass is 16.5. The van der Waals surface area contributed by atoms with Crippen molar-refractivity contribution in [2.45, 2.75) is 39.5 Å². The molecular formula is C13H21NO. The van der Waals surface area contributed by atoms with Crippen LogP contribution in [0.1, 0.15) is 39.5 Å². The predicted molar refractivity (Wildman–Crippen MR) is 63.0 cm³/mol. The SMILES string of the molecule is CCCCC(CC)COc1cccnc1. The first kappa shape index (κ1) is 12.0. The molecule has 0 saturated heterocycles. The minimum absolute atomic E-state index is 0.685. The van der Waals surface area contributed by atoms with Crippen LogP contribution in [0.25, 0.3) is 0 Å². The highest BCUT2D eigenvalue weighted by Gasteiger charge is 2.06. The van der Waals surface area contributed by atoms with Gasteiger partial charge in [-0.15, -0.1) is 0 Å². The molecule has 1 aromatic heterocycles. The molecule has 1 heterocycles. The third-order valence-corrected chi connectivity index (χ3v) is 2.66. The zero-order valence-electron chi connectivity index (χ0n) is 9.78. The fourth-order valence-corrected chi connectivity index (χ4v) is 1.54. The molecule has 2 nitrogen and oxygen atoms in total. The molecule has 84 valence electrons. The van der Waals surface area contributed by atoms with E-state index in [0.717, 1.165) is 12.4 Å². The fraction of sp³-hybridized carbons (Fsp3) is 0.615. The van der Waals surface area contributed by atoms with Crippen molar-refractivity contribution < 1.29 is 4.74 Å². The predicted octanol–water partition coefficient (Wildman–Crippen LogP) is 3.68. The summed E-state index contributed by atoms with van der Waals surface area (Å²) < 4.78 is 5.69. The summed E-state index contributed by atoms with van der Waals surface area (Å²) in [7, 11) is 0. The summed E-state index contributed by atoms with van der Waals surface area (Å²) in [4.78, 5) is 4.03. The van der Waals surface area contributed by atoms with Crippen LogP contribution in [0.2, 0.25) is 0 Å². The Balaban J connectivity index is 2.28. The summed E-state index contributed by atoms with van der Waals surface area (Å²) in [5.74, 6) is 1.57. The van der Waals surface area contributed by atoms with E-state index in [9.17, 15) is 0 Å². The van der Waals surface area contributed by atoms with Gasteiger partial charge in [0.15, 0.2) is 0 Å². The topological polar surface area (TPSA) is 22.1 Å². The van der Waals surface area contributed by atoms with Crippen LogP contribution < -0.4 is 4.74 Å². The standard InChI is InChI=1S/C13H21NO/c1-3-5-7-12(4-2)11-15-13-8-6-9-14-10-13/h6,8-10,12H,3-5,7,11H2,1-2H3. The summed E-state index contributed by atoms with van der Waals surface area (Å²) in [6.45, 7) is 5.28. The monoisotopic (exact) mass is 207 g/mol. The van der Waals surface area contributed by atoms with Gasteiger partial charge < -0.3 is 4.74 Å². The van der Waals surface area contributed by atoms with Gasteiger partial charge in [-0.1, -0.05) is 33.1 Å². The fourth-order valence-electron chi connectivity index (χ4n) is 1.54. The van der Waals surface area contributed by atoms with Gasteiger partial charge in [0.05, 0.1) is 12.8 Å². The number of unbranched alkanes of at least 4 members (excludes halogenated alkanes) is 1. The third-order valence-electron chi connectivity index (χ3n) is 2.66. The van der Waals surface area contributed by atoms with Crippen molar-refractivity contribution in [2.75, 3.05) is 6.61 Å². The van der Waals surface area contributed by atoms with Crippen LogP contribution in [0.3, 0.4) is 0 Å². The summed E-state index contributed by atoms with van der Waals surface area (Å²) in [5.41, 5.74) is 0. The van der Waals surface area contributed by atoms with Crippen molar-refractivity contribution in [3.05, 3.63) is 24.5 Å². The smallest absolute Gasteiger partial charge is 0.137 e. The number of pyridine rings is 1. The van der Waals surface area contributed by atoms with Gasteiger partial charge in [0.2, 0.25) is 0 Å². The third kappa shape index (κ3) is 4.82. The molecule has 1 rings (SSSR count). The molecule has 0 amide bonds. The van der Waals surface area contributed by atoms with Gasteiger partial charge in [-0.25, -0.2) is 0 Å². The first-order valence-electron chi connectivity index (χ1n) is 5.89. The highest BCUT2D eigenvalue weighted by Crippen LogP contribution is 2.15. The Kier molecular flexibility index (Phi) is 5.83. The number of rotatable bonds is 7. The van der Waals surface area contributed by atoms with E-state index in [1.165, 1.54) is 25.7 Å².